The molecular formula is C13H26N2S. The van der Waals surface area contributed by atoms with Gasteiger partial charge in [0, 0.05) is 19.1 Å². The maximum Gasteiger partial charge on any atom is 0.0217 e. The molecule has 0 bridgehead atoms. The van der Waals surface area contributed by atoms with E-state index in [9.17, 15) is 0 Å². The first kappa shape index (κ1) is 12.7. The summed E-state index contributed by atoms with van der Waals surface area (Å²) in [7, 11) is 0. The Morgan fingerprint density at radius 1 is 1.44 bits per heavy atom. The van der Waals surface area contributed by atoms with Gasteiger partial charge >= 0.3 is 0 Å². The summed E-state index contributed by atoms with van der Waals surface area (Å²) in [6.07, 6.45) is 2.77. The summed E-state index contributed by atoms with van der Waals surface area (Å²) in [5.74, 6) is 4.52. The minimum atomic E-state index is 0.705. The van der Waals surface area contributed by atoms with Gasteiger partial charge in [0.1, 0.15) is 0 Å². The van der Waals surface area contributed by atoms with Crippen molar-refractivity contribution >= 4 is 11.8 Å². The third-order valence-electron chi connectivity index (χ3n) is 3.86. The molecule has 2 unspecified atom stereocenters. The fraction of sp³-hybridized carbons (Fsp3) is 1.00. The van der Waals surface area contributed by atoms with Gasteiger partial charge in [0.05, 0.1) is 0 Å². The maximum atomic E-state index is 3.69. The van der Waals surface area contributed by atoms with Crippen LogP contribution in [0.2, 0.25) is 0 Å². The molecule has 3 heteroatoms. The molecule has 0 aromatic carbocycles. The smallest absolute Gasteiger partial charge is 0.0217 e. The van der Waals surface area contributed by atoms with Gasteiger partial charge in [-0.3, -0.25) is 0 Å². The third kappa shape index (κ3) is 3.64. The molecule has 1 N–H and O–H groups in total. The lowest BCUT2D eigenvalue weighted by atomic mass is 10.0. The van der Waals surface area contributed by atoms with Crippen LogP contribution in [-0.2, 0) is 0 Å². The Morgan fingerprint density at radius 3 is 3.00 bits per heavy atom. The Hall–Kier alpha value is 0.270. The van der Waals surface area contributed by atoms with Crippen LogP contribution >= 0.6 is 11.8 Å². The molecule has 0 radical (unpaired) electrons. The first-order valence-corrected chi connectivity index (χ1v) is 7.94. The van der Waals surface area contributed by atoms with Crippen LogP contribution in [0.1, 0.15) is 26.7 Å². The van der Waals surface area contributed by atoms with E-state index in [2.05, 4.69) is 35.8 Å². The standard InChI is InChI=1S/C13H26N2S/c1-11(2)13-9-15(6-3-5-14-13)8-12-4-7-16-10-12/h11-14H,3-10H2,1-2H3. The van der Waals surface area contributed by atoms with Crippen molar-refractivity contribution in [1.29, 1.82) is 0 Å². The molecule has 2 atom stereocenters. The molecule has 2 heterocycles. The van der Waals surface area contributed by atoms with Gasteiger partial charge < -0.3 is 10.2 Å². The highest BCUT2D eigenvalue weighted by Crippen LogP contribution is 2.24. The largest absolute Gasteiger partial charge is 0.312 e. The summed E-state index contributed by atoms with van der Waals surface area (Å²) in [5, 5.41) is 3.69. The molecule has 2 aliphatic rings. The molecule has 0 aliphatic carbocycles. The Labute approximate surface area is 105 Å². The van der Waals surface area contributed by atoms with Crippen LogP contribution in [0.25, 0.3) is 0 Å². The first-order chi connectivity index (χ1) is 7.75. The van der Waals surface area contributed by atoms with Crippen LogP contribution < -0.4 is 5.32 Å². The van der Waals surface area contributed by atoms with Crippen molar-refractivity contribution in [3.8, 4) is 0 Å². The van der Waals surface area contributed by atoms with Gasteiger partial charge in [0.2, 0.25) is 0 Å². The van der Waals surface area contributed by atoms with Gasteiger partial charge in [0.15, 0.2) is 0 Å². The molecule has 0 aromatic heterocycles. The summed E-state index contributed by atoms with van der Waals surface area (Å²) >= 11 is 2.14. The highest BCUT2D eigenvalue weighted by molar-refractivity contribution is 7.99. The topological polar surface area (TPSA) is 15.3 Å². The molecule has 0 amide bonds. The summed E-state index contributed by atoms with van der Waals surface area (Å²) < 4.78 is 0. The van der Waals surface area contributed by atoms with Crippen LogP contribution in [0.5, 0.6) is 0 Å². The second-order valence-electron chi connectivity index (χ2n) is 5.65. The first-order valence-electron chi connectivity index (χ1n) is 6.79. The zero-order valence-electron chi connectivity index (χ0n) is 10.7. The van der Waals surface area contributed by atoms with Crippen LogP contribution in [0.3, 0.4) is 0 Å². The molecular weight excluding hydrogens is 216 g/mol. The van der Waals surface area contributed by atoms with Crippen molar-refractivity contribution < 1.29 is 0 Å². The highest BCUT2D eigenvalue weighted by atomic mass is 32.2. The van der Waals surface area contributed by atoms with Crippen molar-refractivity contribution in [2.45, 2.75) is 32.7 Å². The lowest BCUT2D eigenvalue weighted by molar-refractivity contribution is 0.219. The van der Waals surface area contributed by atoms with Crippen LogP contribution in [0.15, 0.2) is 0 Å². The predicted octanol–water partition coefficient (Wildman–Crippen LogP) is 2.06. The molecule has 0 saturated carbocycles. The summed E-state index contributed by atoms with van der Waals surface area (Å²) in [6, 6.07) is 0.705. The Bertz CT molecular complexity index is 202. The fourth-order valence-electron chi connectivity index (χ4n) is 2.73. The van der Waals surface area contributed by atoms with E-state index in [1.165, 1.54) is 50.5 Å². The molecule has 2 aliphatic heterocycles. The lowest BCUT2D eigenvalue weighted by Gasteiger charge is -2.28. The van der Waals surface area contributed by atoms with Crippen molar-refractivity contribution in [2.24, 2.45) is 11.8 Å². The van der Waals surface area contributed by atoms with Gasteiger partial charge in [-0.25, -0.2) is 0 Å². The third-order valence-corrected chi connectivity index (χ3v) is 5.09. The van der Waals surface area contributed by atoms with E-state index < -0.39 is 0 Å². The summed E-state index contributed by atoms with van der Waals surface area (Å²) in [4.78, 5) is 2.71. The zero-order chi connectivity index (χ0) is 11.4. The van der Waals surface area contributed by atoms with Crippen molar-refractivity contribution in [3.05, 3.63) is 0 Å². The van der Waals surface area contributed by atoms with Crippen LogP contribution in [0.4, 0.5) is 0 Å². The second kappa shape index (κ2) is 6.27. The van der Waals surface area contributed by atoms with E-state index in [1.807, 2.05) is 0 Å². The molecule has 94 valence electrons. The summed E-state index contributed by atoms with van der Waals surface area (Å²) in [6.45, 7) is 9.80. The van der Waals surface area contributed by atoms with E-state index in [1.54, 1.807) is 0 Å². The quantitative estimate of drug-likeness (QED) is 0.815. The molecule has 0 aromatic rings. The molecule has 0 spiro atoms. The highest BCUT2D eigenvalue weighted by Gasteiger charge is 2.23. The van der Waals surface area contributed by atoms with E-state index >= 15 is 0 Å². The molecule has 2 nitrogen and oxygen atoms in total. The van der Waals surface area contributed by atoms with Gasteiger partial charge in [-0.2, -0.15) is 11.8 Å². The minimum Gasteiger partial charge on any atom is -0.312 e. The van der Waals surface area contributed by atoms with Gasteiger partial charge in [-0.15, -0.1) is 0 Å². The lowest BCUT2D eigenvalue weighted by Crippen LogP contribution is -2.42. The number of nitrogens with zero attached hydrogens (tertiary/aromatic N) is 1. The number of thioether (sulfide) groups is 1. The van der Waals surface area contributed by atoms with Crippen molar-refractivity contribution in [2.75, 3.05) is 37.7 Å². The summed E-state index contributed by atoms with van der Waals surface area (Å²) in [5.41, 5.74) is 0. The van der Waals surface area contributed by atoms with Crippen molar-refractivity contribution in [1.82, 2.24) is 10.2 Å². The number of hydrogen-bond acceptors (Lipinski definition) is 3. The van der Waals surface area contributed by atoms with Gasteiger partial charge in [-0.05, 0) is 49.3 Å². The molecule has 2 fully saturated rings. The molecule has 2 rings (SSSR count). The van der Waals surface area contributed by atoms with E-state index in [4.69, 9.17) is 0 Å². The average molecular weight is 242 g/mol. The predicted molar refractivity (Wildman–Crippen MR) is 73.1 cm³/mol. The Kier molecular flexibility index (Phi) is 4.98. The number of rotatable bonds is 3. The SMILES string of the molecule is CC(C)C1CN(CC2CCSC2)CCCN1. The van der Waals surface area contributed by atoms with Gasteiger partial charge in [0.25, 0.3) is 0 Å². The van der Waals surface area contributed by atoms with Crippen molar-refractivity contribution in [3.63, 3.8) is 0 Å². The average Bonchev–Trinajstić information content (AvgIpc) is 2.62. The maximum absolute atomic E-state index is 3.69. The van der Waals surface area contributed by atoms with E-state index in [0.29, 0.717) is 6.04 Å². The monoisotopic (exact) mass is 242 g/mol. The Balaban J connectivity index is 1.82. The van der Waals surface area contributed by atoms with E-state index in [0.717, 1.165) is 11.8 Å². The Morgan fingerprint density at radius 2 is 2.31 bits per heavy atom. The second-order valence-corrected chi connectivity index (χ2v) is 6.80. The van der Waals surface area contributed by atoms with Crippen LogP contribution in [-0.4, -0.2) is 48.6 Å². The zero-order valence-corrected chi connectivity index (χ0v) is 11.6. The molecule has 2 saturated heterocycles. The fourth-order valence-corrected chi connectivity index (χ4v) is 4.00. The normalized spacial score (nSPS) is 33.2. The van der Waals surface area contributed by atoms with Gasteiger partial charge in [-0.1, -0.05) is 13.8 Å². The number of hydrogen-bond donors (Lipinski definition) is 1. The number of nitrogens with one attached hydrogen (secondary N) is 1. The van der Waals surface area contributed by atoms with E-state index in [-0.39, 0.29) is 0 Å². The minimum absolute atomic E-state index is 0.705. The van der Waals surface area contributed by atoms with Crippen LogP contribution in [0, 0.1) is 11.8 Å². The molecule has 16 heavy (non-hydrogen) atoms.